The molecule has 1 N–H and O–H groups in total. The number of benzene rings is 2. The second-order valence-corrected chi connectivity index (χ2v) is 13.8. The zero-order valence-electron chi connectivity index (χ0n) is 29.9. The maximum Gasteiger partial charge on any atom is 0.141 e. The highest BCUT2D eigenvalue weighted by Crippen LogP contribution is 2.47. The first-order chi connectivity index (χ1) is 23.4. The number of ether oxygens (including phenoxy) is 6. The summed E-state index contributed by atoms with van der Waals surface area (Å²) >= 11 is 10.8. The largest absolute Gasteiger partial charge is 0.490 e. The number of unbranched alkanes of at least 4 members (excludes halogenated alkanes) is 4. The van der Waals surface area contributed by atoms with E-state index in [1.807, 2.05) is 0 Å². The molecule has 272 valence electrons. The minimum Gasteiger partial charge on any atom is -0.490 e. The van der Waals surface area contributed by atoms with Crippen LogP contribution < -0.4 is 4.74 Å². The molecule has 9 heteroatoms. The lowest BCUT2D eigenvalue weighted by Gasteiger charge is -2.47. The molecule has 1 aliphatic heterocycles. The third-order valence-corrected chi connectivity index (χ3v) is 10.1. The van der Waals surface area contributed by atoms with Gasteiger partial charge in [-0.1, -0.05) is 96.2 Å². The summed E-state index contributed by atoms with van der Waals surface area (Å²) < 4.78 is 40.2. The normalized spacial score (nSPS) is 21.1. The fraction of sp³-hybridized carbons (Fsp3) is 0.692. The zero-order valence-corrected chi connectivity index (χ0v) is 32.3. The van der Waals surface area contributed by atoms with Crippen LogP contribution in [-0.2, 0) is 36.5 Å². The second-order valence-electron chi connectivity index (χ2n) is 12.6. The summed E-state index contributed by atoms with van der Waals surface area (Å²) in [7, 11) is 0. The Morgan fingerprint density at radius 3 is 1.90 bits per heavy atom. The van der Waals surface area contributed by atoms with Gasteiger partial charge in [0, 0.05) is 32.0 Å². The molecule has 2 aromatic rings. The number of halogens is 2. The molecule has 3 rings (SSSR count). The third-order valence-electron chi connectivity index (χ3n) is 8.72. The number of aliphatic hydroxyl groups is 1. The molecule has 1 unspecified atom stereocenters. The quantitative estimate of drug-likeness (QED) is 0.107. The van der Waals surface area contributed by atoms with Crippen LogP contribution in [0.1, 0.15) is 114 Å². The van der Waals surface area contributed by atoms with Gasteiger partial charge in [-0.2, -0.15) is 0 Å². The van der Waals surface area contributed by atoms with Gasteiger partial charge in [-0.15, -0.1) is 0 Å². The van der Waals surface area contributed by atoms with Crippen LogP contribution in [0.15, 0.2) is 34.8 Å². The molecule has 1 heterocycles. The molecule has 0 aromatic heterocycles. The summed E-state index contributed by atoms with van der Waals surface area (Å²) in [6.07, 6.45) is 7.27. The van der Waals surface area contributed by atoms with Crippen LogP contribution in [0.25, 0.3) is 0 Å². The lowest BCUT2D eigenvalue weighted by Crippen LogP contribution is -2.58. The summed E-state index contributed by atoms with van der Waals surface area (Å²) in [4.78, 5) is 0. The Balaban J connectivity index is 2.16. The standard InChI is InChI=1S/C39H60BrClO7/c1-6-11-20-43-27-32-37(44-21-12-7-2)39(46-23-14-9-4)38(45-22-13-8-3)36(48-32)31-26-30(25-29-17-15-28(10-5)16-18-29)34(41)33(40)35(31)47-24-19-42/h15-18,26,32,36-39,42H,6-14,19-25,27H2,1-5H3/t32-,36?,37-,38+,39+/m1/s1. The van der Waals surface area contributed by atoms with E-state index in [0.29, 0.717) is 54.7 Å². The molecule has 0 bridgehead atoms. The van der Waals surface area contributed by atoms with Crippen molar-refractivity contribution in [2.45, 2.75) is 129 Å². The van der Waals surface area contributed by atoms with Crippen molar-refractivity contribution >= 4 is 27.5 Å². The SMILES string of the molecule is CCCCOC[C@H]1OC(c2cc(Cc3ccc(CC)cc3)c(Cl)c(Br)c2OCCO)[C@H](OCCCC)[C@@H](OCCCC)[C@@H]1OCCCC. The Labute approximate surface area is 303 Å². The maximum atomic E-state index is 9.78. The van der Waals surface area contributed by atoms with Crippen LogP contribution in [0.4, 0.5) is 0 Å². The predicted molar refractivity (Wildman–Crippen MR) is 198 cm³/mol. The van der Waals surface area contributed by atoms with Crippen molar-refractivity contribution in [3.8, 4) is 5.75 Å². The van der Waals surface area contributed by atoms with Gasteiger partial charge in [0.25, 0.3) is 0 Å². The number of rotatable bonds is 24. The lowest BCUT2D eigenvalue weighted by atomic mass is 9.88. The average molecular weight is 756 g/mol. The van der Waals surface area contributed by atoms with Gasteiger partial charge in [0.05, 0.1) is 22.7 Å². The molecule has 2 aromatic carbocycles. The molecule has 0 spiro atoms. The summed E-state index contributed by atoms with van der Waals surface area (Å²) in [5, 5.41) is 10.3. The summed E-state index contributed by atoms with van der Waals surface area (Å²) in [6.45, 7) is 13.6. The van der Waals surface area contributed by atoms with Crippen LogP contribution in [0.2, 0.25) is 5.02 Å². The van der Waals surface area contributed by atoms with E-state index in [1.54, 1.807) is 0 Å². The van der Waals surface area contributed by atoms with Gasteiger partial charge in [-0.3, -0.25) is 0 Å². The highest BCUT2D eigenvalue weighted by atomic mass is 79.9. The van der Waals surface area contributed by atoms with Crippen LogP contribution in [0, 0.1) is 0 Å². The van der Waals surface area contributed by atoms with Gasteiger partial charge in [-0.25, -0.2) is 0 Å². The van der Waals surface area contributed by atoms with Crippen molar-refractivity contribution in [1.82, 2.24) is 0 Å². The molecule has 0 aliphatic carbocycles. The Bertz CT molecular complexity index is 1160. The molecular formula is C39H60BrClO7. The van der Waals surface area contributed by atoms with Crippen molar-refractivity contribution < 1.29 is 33.5 Å². The topological polar surface area (TPSA) is 75.6 Å². The molecule has 0 radical (unpaired) electrons. The van der Waals surface area contributed by atoms with E-state index in [2.05, 4.69) is 80.9 Å². The molecule has 7 nitrogen and oxygen atoms in total. The lowest BCUT2D eigenvalue weighted by molar-refractivity contribution is -0.268. The van der Waals surface area contributed by atoms with Gasteiger partial charge < -0.3 is 33.5 Å². The van der Waals surface area contributed by atoms with Crippen LogP contribution in [-0.4, -0.2) is 75.8 Å². The number of hydrogen-bond acceptors (Lipinski definition) is 7. The van der Waals surface area contributed by atoms with E-state index in [0.717, 1.165) is 74.5 Å². The summed E-state index contributed by atoms with van der Waals surface area (Å²) in [6, 6.07) is 10.7. The first kappa shape index (κ1) is 41.2. The fourth-order valence-electron chi connectivity index (χ4n) is 5.84. The van der Waals surface area contributed by atoms with Crippen molar-refractivity contribution in [1.29, 1.82) is 0 Å². The maximum absolute atomic E-state index is 9.78. The zero-order chi connectivity index (χ0) is 34.7. The second kappa shape index (κ2) is 23.3. The molecule has 1 saturated heterocycles. The highest BCUT2D eigenvalue weighted by molar-refractivity contribution is 9.10. The van der Waals surface area contributed by atoms with E-state index < -0.39 is 24.4 Å². The van der Waals surface area contributed by atoms with Gasteiger partial charge in [0.1, 0.15) is 42.9 Å². The minimum atomic E-state index is -0.567. The van der Waals surface area contributed by atoms with E-state index in [4.69, 9.17) is 40.0 Å². The Kier molecular flexibility index (Phi) is 20.0. The van der Waals surface area contributed by atoms with Gasteiger partial charge in [0.2, 0.25) is 0 Å². The average Bonchev–Trinajstić information content (AvgIpc) is 3.10. The van der Waals surface area contributed by atoms with Gasteiger partial charge in [0.15, 0.2) is 0 Å². The van der Waals surface area contributed by atoms with Gasteiger partial charge >= 0.3 is 0 Å². The monoisotopic (exact) mass is 754 g/mol. The van der Waals surface area contributed by atoms with E-state index in [9.17, 15) is 5.11 Å². The van der Waals surface area contributed by atoms with Crippen LogP contribution in [0.3, 0.4) is 0 Å². The molecule has 5 atom stereocenters. The molecule has 48 heavy (non-hydrogen) atoms. The van der Waals surface area contributed by atoms with E-state index in [1.165, 1.54) is 5.56 Å². The predicted octanol–water partition coefficient (Wildman–Crippen LogP) is 9.44. The van der Waals surface area contributed by atoms with E-state index >= 15 is 0 Å². The molecular weight excluding hydrogens is 696 g/mol. The van der Waals surface area contributed by atoms with Crippen LogP contribution >= 0.6 is 27.5 Å². The molecule has 1 aliphatic rings. The summed E-state index contributed by atoms with van der Waals surface area (Å²) in [5.41, 5.74) is 4.19. The van der Waals surface area contributed by atoms with Crippen molar-refractivity contribution in [2.75, 3.05) is 46.2 Å². The van der Waals surface area contributed by atoms with Crippen molar-refractivity contribution in [3.05, 3.63) is 62.1 Å². The van der Waals surface area contributed by atoms with Crippen LogP contribution in [0.5, 0.6) is 5.75 Å². The summed E-state index contributed by atoms with van der Waals surface area (Å²) in [5.74, 6) is 0.538. The minimum absolute atomic E-state index is 0.108. The smallest absolute Gasteiger partial charge is 0.141 e. The van der Waals surface area contributed by atoms with E-state index in [-0.39, 0.29) is 19.3 Å². The third kappa shape index (κ3) is 12.2. The van der Waals surface area contributed by atoms with Crippen molar-refractivity contribution in [3.63, 3.8) is 0 Å². The first-order valence-electron chi connectivity index (χ1n) is 18.3. The number of aryl methyl sites for hydroxylation is 1. The number of hydrogen-bond donors (Lipinski definition) is 1. The van der Waals surface area contributed by atoms with Crippen molar-refractivity contribution in [2.24, 2.45) is 0 Å². The molecule has 1 fully saturated rings. The van der Waals surface area contributed by atoms with Gasteiger partial charge in [-0.05, 0) is 77.2 Å². The Morgan fingerprint density at radius 1 is 0.750 bits per heavy atom. The number of aliphatic hydroxyl groups excluding tert-OH is 1. The highest BCUT2D eigenvalue weighted by Gasteiger charge is 2.49. The molecule has 0 saturated carbocycles. The molecule has 0 amide bonds. The Morgan fingerprint density at radius 2 is 1.31 bits per heavy atom. The Hall–Kier alpha value is -1.23. The first-order valence-corrected chi connectivity index (χ1v) is 19.5. The fourth-order valence-corrected chi connectivity index (χ4v) is 6.65.